The van der Waals surface area contributed by atoms with Crippen molar-refractivity contribution in [1.82, 2.24) is 10.2 Å². The molecule has 1 N–H and O–H groups in total. The van der Waals surface area contributed by atoms with E-state index >= 15 is 4.39 Å². The van der Waals surface area contributed by atoms with Crippen molar-refractivity contribution in [2.24, 2.45) is 0 Å². The fourth-order valence-electron chi connectivity index (χ4n) is 4.61. The molecule has 0 bridgehead atoms. The minimum Gasteiger partial charge on any atom is -0.310 e. The molecule has 1 saturated carbocycles. The zero-order chi connectivity index (χ0) is 24.1. The predicted molar refractivity (Wildman–Crippen MR) is 155 cm³/mol. The van der Waals surface area contributed by atoms with Gasteiger partial charge in [-0.25, -0.2) is 8.78 Å². The van der Waals surface area contributed by atoms with Crippen molar-refractivity contribution in [1.29, 1.82) is 0 Å². The van der Waals surface area contributed by atoms with Gasteiger partial charge in [0.2, 0.25) is 0 Å². The third kappa shape index (κ3) is 9.29. The molecule has 6 heteroatoms. The molecule has 0 amide bonds. The molecular weight excluding hydrogens is 708 g/mol. The van der Waals surface area contributed by atoms with Crippen molar-refractivity contribution < 1.29 is 41.3 Å². The fourth-order valence-corrected chi connectivity index (χ4v) is 5.80. The van der Waals surface area contributed by atoms with Crippen LogP contribution in [0.15, 0.2) is 60.7 Å². The van der Waals surface area contributed by atoms with E-state index < -0.39 is 5.67 Å². The van der Waals surface area contributed by atoms with Gasteiger partial charge in [-0.3, -0.25) is 4.90 Å². The van der Waals surface area contributed by atoms with Crippen molar-refractivity contribution in [3.8, 4) is 10.4 Å². The summed E-state index contributed by atoms with van der Waals surface area (Å²) in [6.45, 7) is 9.08. The molecule has 2 aliphatic rings. The van der Waals surface area contributed by atoms with E-state index in [0.717, 1.165) is 36.5 Å². The summed E-state index contributed by atoms with van der Waals surface area (Å²) in [7, 11) is 0. The first-order chi connectivity index (χ1) is 16.5. The molecule has 2 nitrogen and oxygen atoms in total. The second kappa shape index (κ2) is 15.5. The SMILES string of the molecule is C.C.CC.Cc1ccc(CN2CCC(F)(CNC3CC3c3ccc(-c4ccc(F)cc4)s3)CC2)cc1.[HH].[U]. The van der Waals surface area contributed by atoms with E-state index in [9.17, 15) is 4.39 Å². The second-order valence-electron chi connectivity index (χ2n) is 9.45. The quantitative estimate of drug-likeness (QED) is 0.260. The normalized spacial score (nSPS) is 19.8. The van der Waals surface area contributed by atoms with Crippen LogP contribution < -0.4 is 5.32 Å². The topological polar surface area (TPSA) is 15.3 Å². The second-order valence-corrected chi connectivity index (χ2v) is 10.6. The summed E-state index contributed by atoms with van der Waals surface area (Å²) >= 11 is 1.77. The Balaban J connectivity index is 0.00000223. The maximum atomic E-state index is 15.4. The Hall–Kier alpha value is -1.03. The summed E-state index contributed by atoms with van der Waals surface area (Å²) in [5.74, 6) is 0.262. The summed E-state index contributed by atoms with van der Waals surface area (Å²) in [6.07, 6.45) is 2.26. The predicted octanol–water partition coefficient (Wildman–Crippen LogP) is 8.86. The fraction of sp³-hybridized carbons (Fsp3) is 0.484. The van der Waals surface area contributed by atoms with Gasteiger partial charge < -0.3 is 5.32 Å². The standard InChI is InChI=1S/C27H30F2N2S.C2H6.2CH4.U.H2/c1-19-2-4-20(5-3-19)17-31-14-12-27(29,13-15-31)18-30-24-16-23(24)26-11-10-25(32-26)21-6-8-22(28)9-7-21;1-2;;;;/h2-11,23-24,30H,12-18H2,1H3;1-2H3;2*1H4;;1H. The Morgan fingerprint density at radius 1 is 0.973 bits per heavy atom. The van der Waals surface area contributed by atoms with Gasteiger partial charge in [0.1, 0.15) is 11.5 Å². The van der Waals surface area contributed by atoms with Crippen LogP contribution in [-0.4, -0.2) is 36.2 Å². The zero-order valence-corrected chi connectivity index (χ0v) is 26.0. The molecule has 0 radical (unpaired) electrons. The zero-order valence-electron chi connectivity index (χ0n) is 21.0. The molecule has 3 aromatic rings. The molecule has 204 valence electrons. The molecule has 5 rings (SSSR count). The monoisotopic (exact) mass is 754 g/mol. The number of hydrogen-bond donors (Lipinski definition) is 1. The molecule has 1 aliphatic carbocycles. The largest absolute Gasteiger partial charge is 0.310 e. The third-order valence-electron chi connectivity index (χ3n) is 6.87. The number of benzene rings is 2. The van der Waals surface area contributed by atoms with Crippen molar-refractivity contribution >= 4 is 11.3 Å². The Labute approximate surface area is 253 Å². The Morgan fingerprint density at radius 2 is 1.59 bits per heavy atom. The van der Waals surface area contributed by atoms with Gasteiger partial charge in [0.15, 0.2) is 0 Å². The first-order valence-electron chi connectivity index (χ1n) is 12.5. The average Bonchev–Trinajstić information content (AvgIpc) is 3.48. The molecule has 2 fully saturated rings. The van der Waals surface area contributed by atoms with Crippen LogP contribution in [0.1, 0.15) is 71.3 Å². The first-order valence-corrected chi connectivity index (χ1v) is 13.3. The minimum atomic E-state index is -1.11. The van der Waals surface area contributed by atoms with Crippen LogP contribution in [0, 0.1) is 43.9 Å². The number of nitrogens with one attached hydrogen (secondary N) is 1. The smallest absolute Gasteiger partial charge is 0.125 e. The number of halogens is 2. The molecule has 1 saturated heterocycles. The van der Waals surface area contributed by atoms with Gasteiger partial charge >= 0.3 is 0 Å². The van der Waals surface area contributed by atoms with E-state index in [2.05, 4.69) is 53.5 Å². The number of alkyl halides is 1. The minimum absolute atomic E-state index is 0. The van der Waals surface area contributed by atoms with Gasteiger partial charge in [-0.15, -0.1) is 11.3 Å². The van der Waals surface area contributed by atoms with E-state index in [1.54, 1.807) is 11.3 Å². The number of nitrogens with zero attached hydrogens (tertiary/aromatic N) is 1. The Kier molecular flexibility index (Phi) is 14.3. The number of thiophene rings is 1. The van der Waals surface area contributed by atoms with Crippen molar-refractivity contribution in [3.05, 3.63) is 82.5 Å². The van der Waals surface area contributed by atoms with Gasteiger partial charge in [-0.2, -0.15) is 0 Å². The van der Waals surface area contributed by atoms with E-state index in [1.807, 2.05) is 26.0 Å². The summed E-state index contributed by atoms with van der Waals surface area (Å²) < 4.78 is 28.6. The van der Waals surface area contributed by atoms with Crippen LogP contribution in [0.25, 0.3) is 10.4 Å². The number of aryl methyl sites for hydroxylation is 1. The number of likely N-dealkylation sites (tertiary alicyclic amines) is 1. The van der Waals surface area contributed by atoms with Crippen molar-refractivity contribution in [2.75, 3.05) is 19.6 Å². The van der Waals surface area contributed by atoms with Gasteiger partial charge in [-0.05, 0) is 61.6 Å². The van der Waals surface area contributed by atoms with Gasteiger partial charge in [0, 0.05) is 80.4 Å². The number of hydrogen-bond acceptors (Lipinski definition) is 3. The average molecular weight is 755 g/mol. The van der Waals surface area contributed by atoms with Crippen LogP contribution >= 0.6 is 11.3 Å². The summed E-state index contributed by atoms with van der Waals surface area (Å²) in [5, 5.41) is 3.51. The van der Waals surface area contributed by atoms with E-state index in [4.69, 9.17) is 0 Å². The van der Waals surface area contributed by atoms with Crippen LogP contribution in [0.2, 0.25) is 0 Å². The van der Waals surface area contributed by atoms with E-state index in [1.165, 1.54) is 28.1 Å². The molecule has 2 aromatic carbocycles. The summed E-state index contributed by atoms with van der Waals surface area (Å²) in [5.41, 5.74) is 2.52. The van der Waals surface area contributed by atoms with E-state index in [0.29, 0.717) is 31.3 Å². The van der Waals surface area contributed by atoms with Gasteiger partial charge in [0.05, 0.1) is 0 Å². The van der Waals surface area contributed by atoms with Crippen LogP contribution in [-0.2, 0) is 6.54 Å². The number of piperidine rings is 1. The molecule has 1 aliphatic heterocycles. The van der Waals surface area contributed by atoms with Crippen LogP contribution in [0.5, 0.6) is 0 Å². The molecule has 2 heterocycles. The van der Waals surface area contributed by atoms with Crippen LogP contribution in [0.4, 0.5) is 8.78 Å². The first kappa shape index (κ1) is 34.0. The van der Waals surface area contributed by atoms with Gasteiger partial charge in [0.25, 0.3) is 0 Å². The Bertz CT molecular complexity index is 1050. The molecule has 37 heavy (non-hydrogen) atoms. The molecule has 2 unspecified atom stereocenters. The molecular formula is C31H46F2N2SU. The number of rotatable bonds is 7. The maximum absolute atomic E-state index is 15.4. The summed E-state index contributed by atoms with van der Waals surface area (Å²) in [6, 6.07) is 19.9. The summed E-state index contributed by atoms with van der Waals surface area (Å²) in [4.78, 5) is 4.86. The van der Waals surface area contributed by atoms with E-state index in [-0.39, 0.29) is 53.2 Å². The van der Waals surface area contributed by atoms with Crippen molar-refractivity contribution in [2.45, 2.75) is 79.1 Å². The third-order valence-corrected chi connectivity index (χ3v) is 8.14. The Morgan fingerprint density at radius 3 is 2.22 bits per heavy atom. The molecule has 1 aromatic heterocycles. The molecule has 0 spiro atoms. The van der Waals surface area contributed by atoms with Gasteiger partial charge in [-0.1, -0.05) is 70.7 Å². The van der Waals surface area contributed by atoms with Crippen LogP contribution in [0.3, 0.4) is 0 Å². The van der Waals surface area contributed by atoms with Crippen molar-refractivity contribution in [3.63, 3.8) is 0 Å². The molecule has 2 atom stereocenters. The maximum Gasteiger partial charge on any atom is 0.125 e.